The highest BCUT2D eigenvalue weighted by molar-refractivity contribution is 5.64. The number of halogens is 1. The third-order valence-corrected chi connectivity index (χ3v) is 2.18. The van der Waals surface area contributed by atoms with Gasteiger partial charge in [-0.2, -0.15) is 5.26 Å². The van der Waals surface area contributed by atoms with E-state index in [1.54, 1.807) is 6.08 Å². The van der Waals surface area contributed by atoms with Gasteiger partial charge in [-0.25, -0.2) is 4.39 Å². The molecule has 1 aromatic carbocycles. The fraction of sp³-hybridized carbons (Fsp3) is 0.154. The Hall–Kier alpha value is -2.28. The van der Waals surface area contributed by atoms with E-state index in [1.807, 2.05) is 13.0 Å². The van der Waals surface area contributed by atoms with Crippen molar-refractivity contribution in [3.63, 3.8) is 0 Å². The van der Waals surface area contributed by atoms with Crippen LogP contribution in [0.5, 0.6) is 0 Å². The summed E-state index contributed by atoms with van der Waals surface area (Å²) in [6.07, 6.45) is 4.00. The van der Waals surface area contributed by atoms with Gasteiger partial charge >= 0.3 is 0 Å². The van der Waals surface area contributed by atoms with E-state index in [0.717, 1.165) is 6.42 Å². The summed E-state index contributed by atoms with van der Waals surface area (Å²) in [6, 6.07) is 4.58. The second kappa shape index (κ2) is 5.71. The van der Waals surface area contributed by atoms with Crippen molar-refractivity contribution in [2.24, 2.45) is 5.73 Å². The van der Waals surface area contributed by atoms with E-state index in [9.17, 15) is 4.39 Å². The van der Waals surface area contributed by atoms with E-state index in [1.165, 1.54) is 18.2 Å². The van der Waals surface area contributed by atoms with Crippen molar-refractivity contribution in [1.29, 1.82) is 5.26 Å². The summed E-state index contributed by atoms with van der Waals surface area (Å²) in [6.45, 7) is 5.51. The molecule has 88 valence electrons. The van der Waals surface area contributed by atoms with Gasteiger partial charge in [-0.05, 0) is 30.2 Å². The zero-order valence-corrected chi connectivity index (χ0v) is 9.63. The van der Waals surface area contributed by atoms with Crippen LogP contribution in [-0.4, -0.2) is 0 Å². The Bertz CT molecular complexity index is 498. The maximum atomic E-state index is 13.6. The van der Waals surface area contributed by atoms with Crippen molar-refractivity contribution in [3.05, 3.63) is 47.6 Å². The quantitative estimate of drug-likeness (QED) is 0.837. The normalized spacial score (nSPS) is 10.8. The Kier molecular flexibility index (Phi) is 4.29. The molecule has 3 nitrogen and oxygen atoms in total. The molecule has 0 amide bonds. The first-order valence-corrected chi connectivity index (χ1v) is 5.21. The predicted molar refractivity (Wildman–Crippen MR) is 67.4 cm³/mol. The fourth-order valence-corrected chi connectivity index (χ4v) is 1.38. The second-order valence-corrected chi connectivity index (χ2v) is 3.43. The van der Waals surface area contributed by atoms with Gasteiger partial charge in [0.15, 0.2) is 0 Å². The molecule has 0 aliphatic carbocycles. The van der Waals surface area contributed by atoms with E-state index in [2.05, 4.69) is 11.9 Å². The molecule has 0 unspecified atom stereocenters. The van der Waals surface area contributed by atoms with Gasteiger partial charge in [0.2, 0.25) is 0 Å². The molecule has 0 saturated heterocycles. The third-order valence-electron chi connectivity index (χ3n) is 2.18. The van der Waals surface area contributed by atoms with Crippen molar-refractivity contribution in [3.8, 4) is 6.07 Å². The van der Waals surface area contributed by atoms with E-state index in [0.29, 0.717) is 11.4 Å². The van der Waals surface area contributed by atoms with Crippen molar-refractivity contribution in [2.45, 2.75) is 13.3 Å². The number of nitriles is 1. The van der Waals surface area contributed by atoms with E-state index in [-0.39, 0.29) is 11.3 Å². The summed E-state index contributed by atoms with van der Waals surface area (Å²) in [5.74, 6) is -0.134. The lowest BCUT2D eigenvalue weighted by Gasteiger charge is -2.09. The minimum Gasteiger partial charge on any atom is -0.386 e. The molecular weight excluding hydrogens is 217 g/mol. The number of hydrogen-bond acceptors (Lipinski definition) is 3. The van der Waals surface area contributed by atoms with Gasteiger partial charge in [-0.3, -0.25) is 0 Å². The van der Waals surface area contributed by atoms with Crippen LogP contribution in [0.2, 0.25) is 0 Å². The molecule has 1 aromatic rings. The van der Waals surface area contributed by atoms with Crippen LogP contribution in [0.15, 0.2) is 30.6 Å². The van der Waals surface area contributed by atoms with Gasteiger partial charge in [0.1, 0.15) is 5.82 Å². The highest BCUT2D eigenvalue weighted by Gasteiger charge is 2.08. The molecule has 1 rings (SSSR count). The third kappa shape index (κ3) is 3.08. The number of allylic oxidation sites excluding steroid dienone is 1. The molecule has 0 atom stereocenters. The number of nitrogens with one attached hydrogen (secondary N) is 1. The number of benzene rings is 1. The standard InChI is InChI=1S/C13H14FN3/c1-3-5-13(16)17-12-7-9(4-2)10(8-15)6-11(12)14/h4-7,17H,2-3,16H2,1H3/b13-5+. The van der Waals surface area contributed by atoms with Gasteiger partial charge in [0, 0.05) is 0 Å². The maximum absolute atomic E-state index is 13.6. The summed E-state index contributed by atoms with van der Waals surface area (Å²) >= 11 is 0. The largest absolute Gasteiger partial charge is 0.386 e. The molecule has 0 heterocycles. The highest BCUT2D eigenvalue weighted by Crippen LogP contribution is 2.21. The lowest BCUT2D eigenvalue weighted by Crippen LogP contribution is -2.10. The number of rotatable bonds is 4. The Morgan fingerprint density at radius 3 is 2.88 bits per heavy atom. The van der Waals surface area contributed by atoms with Gasteiger partial charge in [0.05, 0.1) is 23.1 Å². The molecule has 0 aliphatic rings. The van der Waals surface area contributed by atoms with E-state index >= 15 is 0 Å². The van der Waals surface area contributed by atoms with Crippen LogP contribution in [0.3, 0.4) is 0 Å². The fourth-order valence-electron chi connectivity index (χ4n) is 1.38. The zero-order chi connectivity index (χ0) is 12.8. The Labute approximate surface area is 100 Å². The van der Waals surface area contributed by atoms with E-state index in [4.69, 9.17) is 11.0 Å². The van der Waals surface area contributed by atoms with Crippen LogP contribution in [-0.2, 0) is 0 Å². The smallest absolute Gasteiger partial charge is 0.148 e. The molecule has 0 fully saturated rings. The van der Waals surface area contributed by atoms with Crippen molar-refractivity contribution < 1.29 is 4.39 Å². The minimum atomic E-state index is -0.514. The number of hydrogen-bond donors (Lipinski definition) is 2. The Balaban J connectivity index is 3.14. The van der Waals surface area contributed by atoms with Crippen LogP contribution >= 0.6 is 0 Å². The molecule has 3 N–H and O–H groups in total. The molecular formula is C13H14FN3. The number of nitrogens with two attached hydrogens (primary N) is 1. The molecule has 4 heteroatoms. The molecule has 0 radical (unpaired) electrons. The topological polar surface area (TPSA) is 61.8 Å². The first kappa shape index (κ1) is 12.8. The number of nitrogens with zero attached hydrogens (tertiary/aromatic N) is 1. The van der Waals surface area contributed by atoms with Crippen molar-refractivity contribution in [1.82, 2.24) is 0 Å². The SMILES string of the molecule is C=Cc1cc(N/C(N)=C/CC)c(F)cc1C#N. The minimum absolute atomic E-state index is 0.237. The average molecular weight is 231 g/mol. The van der Waals surface area contributed by atoms with Gasteiger partial charge in [-0.1, -0.05) is 19.6 Å². The first-order valence-electron chi connectivity index (χ1n) is 5.21. The van der Waals surface area contributed by atoms with Crippen LogP contribution in [0.4, 0.5) is 10.1 Å². The summed E-state index contributed by atoms with van der Waals surface area (Å²) in [5, 5.41) is 11.6. The summed E-state index contributed by atoms with van der Waals surface area (Å²) in [7, 11) is 0. The van der Waals surface area contributed by atoms with Crippen molar-refractivity contribution >= 4 is 11.8 Å². The number of anilines is 1. The molecule has 0 saturated carbocycles. The van der Waals surface area contributed by atoms with Gasteiger partial charge in [0.25, 0.3) is 0 Å². The summed E-state index contributed by atoms with van der Waals surface area (Å²) in [4.78, 5) is 0. The molecule has 0 bridgehead atoms. The lowest BCUT2D eigenvalue weighted by molar-refractivity contribution is 0.630. The second-order valence-electron chi connectivity index (χ2n) is 3.43. The van der Waals surface area contributed by atoms with Gasteiger partial charge < -0.3 is 11.1 Å². The monoisotopic (exact) mass is 231 g/mol. The zero-order valence-electron chi connectivity index (χ0n) is 9.63. The molecule has 0 aromatic heterocycles. The van der Waals surface area contributed by atoms with Crippen LogP contribution in [0.25, 0.3) is 6.08 Å². The van der Waals surface area contributed by atoms with Crippen LogP contribution in [0.1, 0.15) is 24.5 Å². The average Bonchev–Trinajstić information content (AvgIpc) is 2.31. The molecule has 0 aliphatic heterocycles. The maximum Gasteiger partial charge on any atom is 0.148 e. The predicted octanol–water partition coefficient (Wildman–Crippen LogP) is 2.96. The van der Waals surface area contributed by atoms with Crippen LogP contribution < -0.4 is 11.1 Å². The molecule has 0 spiro atoms. The van der Waals surface area contributed by atoms with Crippen molar-refractivity contribution in [2.75, 3.05) is 5.32 Å². The molecule has 17 heavy (non-hydrogen) atoms. The lowest BCUT2D eigenvalue weighted by atomic mass is 10.1. The van der Waals surface area contributed by atoms with Crippen LogP contribution in [0, 0.1) is 17.1 Å². The van der Waals surface area contributed by atoms with E-state index < -0.39 is 5.82 Å². The Morgan fingerprint density at radius 2 is 2.35 bits per heavy atom. The summed E-state index contributed by atoms with van der Waals surface area (Å²) < 4.78 is 13.6. The summed E-state index contributed by atoms with van der Waals surface area (Å²) in [5.41, 5.74) is 6.70. The highest BCUT2D eigenvalue weighted by atomic mass is 19.1. The van der Waals surface area contributed by atoms with Gasteiger partial charge in [-0.15, -0.1) is 0 Å². The Morgan fingerprint density at radius 1 is 1.65 bits per heavy atom. The first-order chi connectivity index (χ1) is 8.12.